The van der Waals surface area contributed by atoms with E-state index in [4.69, 9.17) is 0 Å². The molecule has 550 valence electrons. The number of anilines is 6. The van der Waals surface area contributed by atoms with Gasteiger partial charge in [0.25, 0.3) is 6.71 Å². The lowest BCUT2D eigenvalue weighted by atomic mass is 9.33. The first-order valence-corrected chi connectivity index (χ1v) is 44.5. The van der Waals surface area contributed by atoms with Gasteiger partial charge in [0.05, 0.1) is 11.4 Å². The summed E-state index contributed by atoms with van der Waals surface area (Å²) in [5.74, 6) is 0. The van der Waals surface area contributed by atoms with Gasteiger partial charge in [-0.25, -0.2) is 0 Å². The van der Waals surface area contributed by atoms with Crippen LogP contribution in [0.1, 0.15) is 52.7 Å². The molecule has 0 radical (unpaired) electrons. The summed E-state index contributed by atoms with van der Waals surface area (Å²) in [6.07, 6.45) is 0. The zero-order valence-electron chi connectivity index (χ0n) is 66.0. The van der Waals surface area contributed by atoms with Gasteiger partial charge < -0.3 is 9.80 Å². The fourth-order valence-corrected chi connectivity index (χ4v) is 28.5. The number of para-hydroxylation sites is 1. The molecule has 0 fully saturated rings. The maximum atomic E-state index is 2.73. The molecule has 2 aliphatic heterocycles. The van der Waals surface area contributed by atoms with Crippen molar-refractivity contribution in [1.29, 1.82) is 0 Å². The van der Waals surface area contributed by atoms with Crippen molar-refractivity contribution in [2.45, 2.75) is 52.4 Å². The van der Waals surface area contributed by atoms with Crippen molar-refractivity contribution in [3.05, 3.63) is 442 Å². The van der Waals surface area contributed by atoms with Crippen molar-refractivity contribution in [1.82, 2.24) is 0 Å². The summed E-state index contributed by atoms with van der Waals surface area (Å²) in [6, 6.07) is 166. The van der Waals surface area contributed by atoms with Crippen molar-refractivity contribution in [3.8, 4) is 66.8 Å². The molecule has 0 saturated heterocycles. The standard InChI is InChI=1S/C110H89BN2Si2/c1-109(2,3)88-63-66-103(99(75-88)82-46-24-11-25-47-82)113-104-65-62-85(80-42-20-9-21-43-80)72-100(104)111-101-76-89(110(4,5)6)64-67-105(101)112(102-61-35-34-60-98(102)81-44-22-10-23-45-81)106-73-87(74-107(113)108(106)111)86-70-96(114(90-50-26-12-27-51-90,91-52-28-13-29-53-91)94-58-36-48-83(68-94)78-38-16-7-17-39-78)77-97(71-86)115(92-54-30-14-31-55-92,93-56-32-15-33-57-93)95-59-37-49-84(69-95)79-40-18-8-19-41-79/h7-77H,1-6H3. The highest BCUT2D eigenvalue weighted by atomic mass is 28.3. The minimum atomic E-state index is -3.55. The third-order valence-electron chi connectivity index (χ3n) is 24.2. The zero-order valence-corrected chi connectivity index (χ0v) is 68.0. The van der Waals surface area contributed by atoms with E-state index < -0.39 is 16.1 Å². The van der Waals surface area contributed by atoms with Crippen molar-refractivity contribution in [2.75, 3.05) is 9.80 Å². The van der Waals surface area contributed by atoms with Crippen molar-refractivity contribution in [3.63, 3.8) is 0 Å². The highest BCUT2D eigenvalue weighted by molar-refractivity contribution is 7.22. The van der Waals surface area contributed by atoms with E-state index in [9.17, 15) is 0 Å². The minimum Gasteiger partial charge on any atom is -0.311 e. The van der Waals surface area contributed by atoms with E-state index in [2.05, 4.69) is 482 Å². The Labute approximate surface area is 680 Å². The monoisotopic (exact) mass is 1500 g/mol. The van der Waals surface area contributed by atoms with Crippen LogP contribution in [0, 0.1) is 0 Å². The van der Waals surface area contributed by atoms with E-state index in [1.165, 1.54) is 108 Å². The predicted molar refractivity (Wildman–Crippen MR) is 498 cm³/mol. The van der Waals surface area contributed by atoms with Gasteiger partial charge in [-0.05, 0) is 178 Å². The molecule has 0 spiro atoms. The molecule has 0 aliphatic carbocycles. The summed E-state index contributed by atoms with van der Waals surface area (Å²) in [6.45, 7) is 13.9. The fourth-order valence-electron chi connectivity index (χ4n) is 18.7. The SMILES string of the molecule is CC(C)(C)c1ccc2c(c1)B1c3cc(-c4ccccc4)ccc3N(c3ccc(C(C)(C)C)cc3-c3ccccc3)c3cc(-c4cc([Si](c5ccccc5)(c5ccccc5)c5cccc(-c6ccccc6)c5)cc([Si](c5ccccc5)(c5ccccc5)c5cccc(-c6ccccc6)c5)c4)cc(c31)N2c1ccccc1-c1ccccc1. The van der Waals surface area contributed by atoms with E-state index in [0.29, 0.717) is 0 Å². The number of hydrogen-bond donors (Lipinski definition) is 0. The van der Waals surface area contributed by atoms with Crippen LogP contribution in [-0.2, 0) is 10.8 Å². The van der Waals surface area contributed by atoms with Gasteiger partial charge in [-0.3, -0.25) is 0 Å². The molecule has 2 heterocycles. The Morgan fingerprint density at radius 1 is 0.191 bits per heavy atom. The Balaban J connectivity index is 1.02. The second-order valence-electron chi connectivity index (χ2n) is 33.1. The van der Waals surface area contributed by atoms with Gasteiger partial charge in [0, 0.05) is 33.9 Å². The Kier molecular flexibility index (Phi) is 18.6. The number of fused-ring (bicyclic) bond motifs is 4. The lowest BCUT2D eigenvalue weighted by molar-refractivity contribution is 0.590. The molecule has 17 aromatic carbocycles. The molecule has 19 rings (SSSR count). The van der Waals surface area contributed by atoms with E-state index in [1.54, 1.807) is 0 Å². The topological polar surface area (TPSA) is 6.48 Å². The summed E-state index contributed by atoms with van der Waals surface area (Å²) in [5, 5.41) is 10.4. The minimum absolute atomic E-state index is 0.151. The van der Waals surface area contributed by atoms with Crippen molar-refractivity contribution >= 4 is 115 Å². The molecule has 0 amide bonds. The first-order valence-electron chi connectivity index (χ1n) is 40.5. The normalized spacial score (nSPS) is 12.6. The molecule has 0 unspecified atom stereocenters. The maximum absolute atomic E-state index is 3.55. The average Bonchev–Trinajstić information content (AvgIpc) is 0.698. The van der Waals surface area contributed by atoms with Gasteiger partial charge in [0.15, 0.2) is 16.1 Å². The Hall–Kier alpha value is -13.2. The van der Waals surface area contributed by atoms with Crippen LogP contribution in [-0.4, -0.2) is 22.9 Å². The summed E-state index contributed by atoms with van der Waals surface area (Å²) in [4.78, 5) is 5.36. The molecular weight excluding hydrogens is 1420 g/mol. The van der Waals surface area contributed by atoms with Crippen LogP contribution >= 0.6 is 0 Å². The van der Waals surface area contributed by atoms with Crippen molar-refractivity contribution < 1.29 is 0 Å². The quantitative estimate of drug-likeness (QED) is 0.0703. The van der Waals surface area contributed by atoms with Crippen LogP contribution in [0.15, 0.2) is 431 Å². The lowest BCUT2D eigenvalue weighted by Gasteiger charge is -2.45. The van der Waals surface area contributed by atoms with Crippen LogP contribution in [0.3, 0.4) is 0 Å². The molecule has 2 nitrogen and oxygen atoms in total. The zero-order chi connectivity index (χ0) is 77.8. The van der Waals surface area contributed by atoms with Crippen molar-refractivity contribution in [2.24, 2.45) is 0 Å². The molecule has 0 bridgehead atoms. The van der Waals surface area contributed by atoms with Gasteiger partial charge in [0.2, 0.25) is 0 Å². The molecular formula is C110H89BN2Si2. The van der Waals surface area contributed by atoms with Crippen LogP contribution < -0.4 is 67.7 Å². The highest BCUT2D eigenvalue weighted by Crippen LogP contribution is 2.51. The van der Waals surface area contributed by atoms with E-state index in [1.807, 2.05) is 0 Å². The second kappa shape index (κ2) is 29.7. The molecule has 2 aliphatic rings. The van der Waals surface area contributed by atoms with Gasteiger partial charge >= 0.3 is 0 Å². The first-order chi connectivity index (χ1) is 56.3. The van der Waals surface area contributed by atoms with E-state index >= 15 is 0 Å². The smallest absolute Gasteiger partial charge is 0.252 e. The maximum Gasteiger partial charge on any atom is 0.252 e. The number of rotatable bonds is 16. The van der Waals surface area contributed by atoms with E-state index in [-0.39, 0.29) is 17.5 Å². The van der Waals surface area contributed by atoms with Gasteiger partial charge in [-0.1, -0.05) is 430 Å². The van der Waals surface area contributed by atoms with Gasteiger partial charge in [-0.2, -0.15) is 0 Å². The highest BCUT2D eigenvalue weighted by Gasteiger charge is 2.49. The van der Waals surface area contributed by atoms with Crippen LogP contribution in [0.4, 0.5) is 34.1 Å². The number of nitrogens with zero attached hydrogens (tertiary/aromatic N) is 2. The lowest BCUT2D eigenvalue weighted by Crippen LogP contribution is -2.78. The molecule has 0 aromatic heterocycles. The van der Waals surface area contributed by atoms with Gasteiger partial charge in [-0.15, -0.1) is 0 Å². The summed E-state index contributed by atoms with van der Waals surface area (Å²) < 4.78 is 0. The van der Waals surface area contributed by atoms with Crippen LogP contribution in [0.25, 0.3) is 66.8 Å². The Morgan fingerprint density at radius 3 is 0.922 bits per heavy atom. The molecule has 0 saturated carbocycles. The largest absolute Gasteiger partial charge is 0.311 e. The fraction of sp³-hybridized carbons (Fsp3) is 0.0727. The second-order valence-corrected chi connectivity index (χ2v) is 40.7. The summed E-state index contributed by atoms with van der Waals surface area (Å²) in [5.41, 5.74) is 26.8. The van der Waals surface area contributed by atoms with E-state index in [0.717, 1.165) is 61.9 Å². The number of benzene rings is 17. The molecule has 0 atom stereocenters. The molecule has 5 heteroatoms. The predicted octanol–water partition coefficient (Wildman–Crippen LogP) is 21.1. The first kappa shape index (κ1) is 72.1. The summed E-state index contributed by atoms with van der Waals surface area (Å²) in [7, 11) is -7.09. The molecule has 0 N–H and O–H groups in total. The molecule has 17 aromatic rings. The third-order valence-corrected chi connectivity index (χ3v) is 33.7. The summed E-state index contributed by atoms with van der Waals surface area (Å²) >= 11 is 0. The van der Waals surface area contributed by atoms with Gasteiger partial charge in [0.1, 0.15) is 0 Å². The third kappa shape index (κ3) is 12.9. The average molecular weight is 1510 g/mol. The van der Waals surface area contributed by atoms with Crippen LogP contribution in [0.2, 0.25) is 0 Å². The Morgan fingerprint density at radius 2 is 0.496 bits per heavy atom. The Bertz CT molecular complexity index is 6140. The molecule has 115 heavy (non-hydrogen) atoms. The number of hydrogen-bond acceptors (Lipinski definition) is 2. The van der Waals surface area contributed by atoms with Crippen LogP contribution in [0.5, 0.6) is 0 Å².